The molecule has 2 saturated heterocycles. The maximum absolute atomic E-state index is 13.8. The number of hydrogen-bond acceptors (Lipinski definition) is 5. The predicted octanol–water partition coefficient (Wildman–Crippen LogP) is 4.85. The first-order valence-corrected chi connectivity index (χ1v) is 14.0. The van der Waals surface area contributed by atoms with E-state index in [4.69, 9.17) is 4.74 Å². The van der Waals surface area contributed by atoms with E-state index in [0.717, 1.165) is 25.2 Å². The molecule has 1 N–H and O–H groups in total. The summed E-state index contributed by atoms with van der Waals surface area (Å²) in [6.45, 7) is 10.2. The SMILES string of the molecule is COc1ccc(C(=O)N2C(C(=O)NCCN3CCCCC3)CSC2c2ccc(C(C)(C)C)cc2)cc1. The van der Waals surface area contributed by atoms with Crippen molar-refractivity contribution in [2.24, 2.45) is 0 Å². The molecule has 2 heterocycles. The number of piperidine rings is 1. The summed E-state index contributed by atoms with van der Waals surface area (Å²) < 4.78 is 5.26. The lowest BCUT2D eigenvalue weighted by atomic mass is 9.86. The van der Waals surface area contributed by atoms with Crippen molar-refractivity contribution in [3.63, 3.8) is 0 Å². The second kappa shape index (κ2) is 11.7. The Morgan fingerprint density at radius 2 is 1.67 bits per heavy atom. The third-order valence-electron chi connectivity index (χ3n) is 7.11. The molecule has 0 aliphatic carbocycles. The van der Waals surface area contributed by atoms with Crippen LogP contribution in [0.2, 0.25) is 0 Å². The molecule has 2 fully saturated rings. The van der Waals surface area contributed by atoms with Gasteiger partial charge in [-0.2, -0.15) is 0 Å². The van der Waals surface area contributed by atoms with Crippen molar-refractivity contribution in [1.82, 2.24) is 15.1 Å². The van der Waals surface area contributed by atoms with Crippen LogP contribution >= 0.6 is 11.8 Å². The largest absolute Gasteiger partial charge is 0.497 e. The molecule has 194 valence electrons. The molecule has 0 spiro atoms. The molecule has 7 heteroatoms. The second-order valence-corrected chi connectivity index (χ2v) is 11.8. The van der Waals surface area contributed by atoms with Crippen LogP contribution in [0.4, 0.5) is 0 Å². The zero-order chi connectivity index (χ0) is 25.7. The third-order valence-corrected chi connectivity index (χ3v) is 8.44. The maximum Gasteiger partial charge on any atom is 0.255 e. The van der Waals surface area contributed by atoms with Crippen molar-refractivity contribution in [2.75, 3.05) is 39.0 Å². The summed E-state index contributed by atoms with van der Waals surface area (Å²) in [5, 5.41) is 2.90. The van der Waals surface area contributed by atoms with E-state index in [0.29, 0.717) is 23.6 Å². The van der Waals surface area contributed by atoms with Crippen molar-refractivity contribution in [1.29, 1.82) is 0 Å². The van der Waals surface area contributed by atoms with Crippen LogP contribution in [0.3, 0.4) is 0 Å². The zero-order valence-corrected chi connectivity index (χ0v) is 22.8. The standard InChI is InChI=1S/C29H39N3O3S/c1-29(2,3)23-12-8-22(9-13-23)28-32(27(34)21-10-14-24(35-4)15-11-21)25(20-36-28)26(33)30-16-19-31-17-6-5-7-18-31/h8-15,25,28H,5-7,16-20H2,1-4H3,(H,30,33). The van der Waals surface area contributed by atoms with Gasteiger partial charge in [0.05, 0.1) is 7.11 Å². The molecule has 2 aromatic carbocycles. The summed E-state index contributed by atoms with van der Waals surface area (Å²) >= 11 is 1.65. The minimum Gasteiger partial charge on any atom is -0.497 e. The van der Waals surface area contributed by atoms with E-state index in [-0.39, 0.29) is 22.6 Å². The normalized spacial score (nSPS) is 20.8. The number of hydrogen-bond donors (Lipinski definition) is 1. The van der Waals surface area contributed by atoms with Gasteiger partial charge in [-0.15, -0.1) is 11.8 Å². The van der Waals surface area contributed by atoms with Crippen LogP contribution in [0.5, 0.6) is 5.75 Å². The number of amides is 2. The average Bonchev–Trinajstić information content (AvgIpc) is 3.34. The number of rotatable bonds is 7. The number of thioether (sulfide) groups is 1. The number of methoxy groups -OCH3 is 1. The summed E-state index contributed by atoms with van der Waals surface area (Å²) in [4.78, 5) is 31.3. The lowest BCUT2D eigenvalue weighted by molar-refractivity contribution is -0.124. The van der Waals surface area contributed by atoms with E-state index < -0.39 is 6.04 Å². The van der Waals surface area contributed by atoms with Crippen molar-refractivity contribution in [2.45, 2.75) is 56.9 Å². The molecule has 2 unspecified atom stereocenters. The highest BCUT2D eigenvalue weighted by Gasteiger charge is 2.42. The zero-order valence-electron chi connectivity index (χ0n) is 22.0. The highest BCUT2D eigenvalue weighted by Crippen LogP contribution is 2.43. The van der Waals surface area contributed by atoms with E-state index >= 15 is 0 Å². The Morgan fingerprint density at radius 3 is 2.28 bits per heavy atom. The summed E-state index contributed by atoms with van der Waals surface area (Å²) in [6.07, 6.45) is 3.75. The van der Waals surface area contributed by atoms with Crippen molar-refractivity contribution in [3.8, 4) is 5.75 Å². The first-order valence-electron chi connectivity index (χ1n) is 13.0. The molecule has 0 bridgehead atoms. The van der Waals surface area contributed by atoms with Gasteiger partial charge in [-0.05, 0) is 66.7 Å². The highest BCUT2D eigenvalue weighted by molar-refractivity contribution is 7.99. The van der Waals surface area contributed by atoms with Gasteiger partial charge in [0.1, 0.15) is 17.2 Å². The monoisotopic (exact) mass is 509 g/mol. The number of nitrogens with one attached hydrogen (secondary N) is 1. The van der Waals surface area contributed by atoms with Crippen LogP contribution < -0.4 is 10.1 Å². The average molecular weight is 510 g/mol. The highest BCUT2D eigenvalue weighted by atomic mass is 32.2. The Bertz CT molecular complexity index is 1030. The fourth-order valence-corrected chi connectivity index (χ4v) is 6.31. The molecule has 0 radical (unpaired) electrons. The van der Waals surface area contributed by atoms with Crippen LogP contribution in [-0.4, -0.2) is 66.7 Å². The van der Waals surface area contributed by atoms with Gasteiger partial charge >= 0.3 is 0 Å². The minimum atomic E-state index is -0.516. The molecule has 2 aliphatic rings. The Labute approximate surface area is 219 Å². The van der Waals surface area contributed by atoms with Gasteiger partial charge in [-0.25, -0.2) is 0 Å². The molecule has 2 aromatic rings. The van der Waals surface area contributed by atoms with Crippen molar-refractivity contribution in [3.05, 3.63) is 65.2 Å². The molecular formula is C29H39N3O3S. The van der Waals surface area contributed by atoms with Gasteiger partial charge in [0.2, 0.25) is 5.91 Å². The quantitative estimate of drug-likeness (QED) is 0.578. The lowest BCUT2D eigenvalue weighted by Gasteiger charge is -2.30. The Morgan fingerprint density at radius 1 is 1.00 bits per heavy atom. The number of benzene rings is 2. The maximum atomic E-state index is 13.8. The van der Waals surface area contributed by atoms with Gasteiger partial charge in [0.25, 0.3) is 5.91 Å². The molecule has 36 heavy (non-hydrogen) atoms. The summed E-state index contributed by atoms with van der Waals surface area (Å²) in [5.41, 5.74) is 2.89. The summed E-state index contributed by atoms with van der Waals surface area (Å²) in [5.74, 6) is 1.06. The van der Waals surface area contributed by atoms with E-state index in [9.17, 15) is 9.59 Å². The second-order valence-electron chi connectivity index (χ2n) is 10.7. The van der Waals surface area contributed by atoms with Crippen LogP contribution in [0.15, 0.2) is 48.5 Å². The van der Waals surface area contributed by atoms with E-state index in [2.05, 4.69) is 55.3 Å². The Kier molecular flexibility index (Phi) is 8.62. The molecule has 2 aliphatic heterocycles. The van der Waals surface area contributed by atoms with Crippen LogP contribution in [0.1, 0.15) is 66.9 Å². The number of carbonyl (C=O) groups is 2. The van der Waals surface area contributed by atoms with Crippen LogP contribution in [-0.2, 0) is 10.2 Å². The number of ether oxygens (including phenoxy) is 1. The fourth-order valence-electron chi connectivity index (χ4n) is 4.88. The number of likely N-dealkylation sites (tertiary alicyclic amines) is 1. The predicted molar refractivity (Wildman–Crippen MR) is 147 cm³/mol. The van der Waals surface area contributed by atoms with Gasteiger partial charge < -0.3 is 19.9 Å². The summed E-state index contributed by atoms with van der Waals surface area (Å²) in [6, 6.07) is 15.1. The Balaban J connectivity index is 1.53. The van der Waals surface area contributed by atoms with E-state index in [1.165, 1.54) is 24.8 Å². The third kappa shape index (κ3) is 6.24. The molecule has 4 rings (SSSR count). The van der Waals surface area contributed by atoms with Crippen LogP contribution in [0, 0.1) is 0 Å². The smallest absolute Gasteiger partial charge is 0.255 e. The molecule has 2 amide bonds. The summed E-state index contributed by atoms with van der Waals surface area (Å²) in [7, 11) is 1.61. The minimum absolute atomic E-state index is 0.0523. The van der Waals surface area contributed by atoms with Gasteiger partial charge in [-0.1, -0.05) is 51.5 Å². The number of nitrogens with zero attached hydrogens (tertiary/aromatic N) is 2. The fraction of sp³-hybridized carbons (Fsp3) is 0.517. The van der Waals surface area contributed by atoms with Gasteiger partial charge in [0, 0.05) is 24.4 Å². The van der Waals surface area contributed by atoms with E-state index in [1.807, 2.05) is 0 Å². The Hall–Kier alpha value is -2.51. The lowest BCUT2D eigenvalue weighted by Crippen LogP contribution is -2.49. The van der Waals surface area contributed by atoms with Gasteiger partial charge in [0.15, 0.2) is 0 Å². The topological polar surface area (TPSA) is 61.9 Å². The molecular weight excluding hydrogens is 470 g/mol. The first kappa shape index (κ1) is 26.6. The number of carbonyl (C=O) groups excluding carboxylic acids is 2. The van der Waals surface area contributed by atoms with E-state index in [1.54, 1.807) is 48.0 Å². The van der Waals surface area contributed by atoms with Crippen molar-refractivity contribution >= 4 is 23.6 Å². The van der Waals surface area contributed by atoms with Gasteiger partial charge in [-0.3, -0.25) is 9.59 Å². The van der Waals surface area contributed by atoms with Crippen molar-refractivity contribution < 1.29 is 14.3 Å². The molecule has 6 nitrogen and oxygen atoms in total. The molecule has 0 saturated carbocycles. The first-order chi connectivity index (χ1) is 17.3. The van der Waals surface area contributed by atoms with Crippen LogP contribution in [0.25, 0.3) is 0 Å². The molecule has 0 aromatic heterocycles. The molecule has 2 atom stereocenters.